The number of ether oxygens (including phenoxy) is 2. The second kappa shape index (κ2) is 7.23. The normalized spacial score (nSPS) is 11.2. The molecule has 2 heterocycles. The van der Waals surface area contributed by atoms with Crippen LogP contribution in [-0.4, -0.2) is 35.5 Å². The molecule has 0 saturated heterocycles. The molecule has 0 bridgehead atoms. The molecule has 0 saturated carbocycles. The number of nitrogens with zero attached hydrogens (tertiary/aromatic N) is 3. The molecule has 0 aliphatic heterocycles. The molecule has 5 nitrogen and oxygen atoms in total. The fourth-order valence-electron chi connectivity index (χ4n) is 2.80. The van der Waals surface area contributed by atoms with Crippen molar-refractivity contribution in [2.45, 2.75) is 0 Å². The largest absolute Gasteiger partial charge is 0.475 e. The van der Waals surface area contributed by atoms with E-state index >= 15 is 0 Å². The fourth-order valence-corrected chi connectivity index (χ4v) is 2.92. The Kier molecular flexibility index (Phi) is 4.65. The lowest BCUT2D eigenvalue weighted by Crippen LogP contribution is -2.06. The Morgan fingerprint density at radius 1 is 0.923 bits per heavy atom. The van der Waals surface area contributed by atoms with Crippen LogP contribution in [0.1, 0.15) is 0 Å². The van der Waals surface area contributed by atoms with E-state index in [-0.39, 0.29) is 0 Å². The lowest BCUT2D eigenvalue weighted by molar-refractivity contribution is 0.145. The minimum Gasteiger partial charge on any atom is -0.475 e. The van der Waals surface area contributed by atoms with Crippen molar-refractivity contribution in [2.24, 2.45) is 0 Å². The molecule has 6 heteroatoms. The van der Waals surface area contributed by atoms with Crippen LogP contribution in [0.15, 0.2) is 54.6 Å². The van der Waals surface area contributed by atoms with Gasteiger partial charge in [0.25, 0.3) is 0 Å². The number of benzene rings is 2. The summed E-state index contributed by atoms with van der Waals surface area (Å²) in [4.78, 5) is 4.67. The average molecular weight is 366 g/mol. The van der Waals surface area contributed by atoms with Gasteiger partial charge in [0.1, 0.15) is 12.1 Å². The number of hydrogen-bond acceptors (Lipinski definition) is 5. The zero-order valence-electron chi connectivity index (χ0n) is 14.1. The molecule has 0 N–H and O–H groups in total. The third kappa shape index (κ3) is 3.19. The summed E-state index contributed by atoms with van der Waals surface area (Å²) in [6, 6.07) is 17.3. The van der Waals surface area contributed by atoms with Gasteiger partial charge in [-0.3, -0.25) is 0 Å². The van der Waals surface area contributed by atoms with Gasteiger partial charge >= 0.3 is 0 Å². The zero-order chi connectivity index (χ0) is 17.9. The highest BCUT2D eigenvalue weighted by Crippen LogP contribution is 2.31. The Bertz CT molecular complexity index is 1070. The van der Waals surface area contributed by atoms with Gasteiger partial charge in [-0.15, -0.1) is 10.2 Å². The molecule has 0 spiro atoms. The van der Waals surface area contributed by atoms with Gasteiger partial charge in [-0.1, -0.05) is 41.9 Å². The van der Waals surface area contributed by atoms with E-state index in [0.29, 0.717) is 24.1 Å². The first-order valence-corrected chi connectivity index (χ1v) is 8.58. The van der Waals surface area contributed by atoms with E-state index in [1.807, 2.05) is 54.6 Å². The van der Waals surface area contributed by atoms with Crippen molar-refractivity contribution in [3.05, 3.63) is 59.6 Å². The van der Waals surface area contributed by atoms with E-state index in [4.69, 9.17) is 21.1 Å². The second-order valence-corrected chi connectivity index (χ2v) is 6.21. The predicted octanol–water partition coefficient (Wildman–Crippen LogP) is 4.52. The molecule has 2 aromatic carbocycles. The first-order valence-electron chi connectivity index (χ1n) is 8.20. The monoisotopic (exact) mass is 365 g/mol. The maximum atomic E-state index is 5.97. The first kappa shape index (κ1) is 16.7. The van der Waals surface area contributed by atoms with Gasteiger partial charge in [0.15, 0.2) is 0 Å². The Morgan fingerprint density at radius 2 is 1.69 bits per heavy atom. The topological polar surface area (TPSA) is 57.1 Å². The van der Waals surface area contributed by atoms with E-state index in [1.165, 1.54) is 0 Å². The summed E-state index contributed by atoms with van der Waals surface area (Å²) in [5.74, 6) is 0.570. The van der Waals surface area contributed by atoms with Crippen LogP contribution >= 0.6 is 11.6 Å². The van der Waals surface area contributed by atoms with Gasteiger partial charge in [0.05, 0.1) is 17.8 Å². The van der Waals surface area contributed by atoms with Crippen LogP contribution in [-0.2, 0) is 4.74 Å². The first-order chi connectivity index (χ1) is 12.8. The standard InChI is InChI=1S/C20H16ClN3O2/c1-25-10-11-26-20-16-5-3-2-4-15(16)19-18(22-20)12-17(23-24-19)13-6-8-14(21)9-7-13/h2-9,12H,10-11H2,1H3. The number of rotatable bonds is 5. The van der Waals surface area contributed by atoms with Crippen molar-refractivity contribution in [3.63, 3.8) is 0 Å². The van der Waals surface area contributed by atoms with Crippen LogP contribution in [0, 0.1) is 0 Å². The third-order valence-corrected chi connectivity index (χ3v) is 4.33. The molecule has 0 aliphatic rings. The van der Waals surface area contributed by atoms with Gasteiger partial charge in [0.2, 0.25) is 5.88 Å². The van der Waals surface area contributed by atoms with E-state index in [1.54, 1.807) is 7.11 Å². The molecule has 26 heavy (non-hydrogen) atoms. The highest BCUT2D eigenvalue weighted by Gasteiger charge is 2.12. The van der Waals surface area contributed by atoms with Gasteiger partial charge in [-0.05, 0) is 24.3 Å². The van der Waals surface area contributed by atoms with Gasteiger partial charge in [-0.2, -0.15) is 0 Å². The van der Waals surface area contributed by atoms with Crippen LogP contribution < -0.4 is 4.74 Å². The van der Waals surface area contributed by atoms with E-state index in [0.717, 1.165) is 33.1 Å². The number of hydrogen-bond donors (Lipinski definition) is 0. The average Bonchev–Trinajstić information content (AvgIpc) is 2.68. The number of aromatic nitrogens is 3. The van der Waals surface area contributed by atoms with Gasteiger partial charge < -0.3 is 9.47 Å². The summed E-state index contributed by atoms with van der Waals surface area (Å²) in [6.45, 7) is 0.931. The Labute approximate surface area is 155 Å². The number of pyridine rings is 1. The molecule has 0 radical (unpaired) electrons. The minimum atomic E-state index is 0.432. The van der Waals surface area contributed by atoms with Crippen molar-refractivity contribution in [2.75, 3.05) is 20.3 Å². The molecule has 130 valence electrons. The molecule has 4 aromatic rings. The molecule has 2 aromatic heterocycles. The Balaban J connectivity index is 1.86. The summed E-state index contributed by atoms with van der Waals surface area (Å²) >= 11 is 5.97. The molecule has 0 fully saturated rings. The number of methoxy groups -OCH3 is 1. The van der Waals surface area contributed by atoms with Crippen LogP contribution in [0.2, 0.25) is 5.02 Å². The van der Waals surface area contributed by atoms with Crippen LogP contribution in [0.4, 0.5) is 0 Å². The van der Waals surface area contributed by atoms with Gasteiger partial charge in [0, 0.05) is 28.5 Å². The second-order valence-electron chi connectivity index (χ2n) is 5.77. The maximum absolute atomic E-state index is 5.97. The minimum absolute atomic E-state index is 0.432. The molecule has 0 amide bonds. The lowest BCUT2D eigenvalue weighted by atomic mass is 10.1. The fraction of sp³-hybridized carbons (Fsp3) is 0.150. The van der Waals surface area contributed by atoms with Crippen LogP contribution in [0.25, 0.3) is 33.1 Å². The lowest BCUT2D eigenvalue weighted by Gasteiger charge is -2.10. The van der Waals surface area contributed by atoms with E-state index in [2.05, 4.69) is 15.2 Å². The number of halogens is 1. The molecular formula is C20H16ClN3O2. The van der Waals surface area contributed by atoms with Crippen molar-refractivity contribution in [1.29, 1.82) is 0 Å². The van der Waals surface area contributed by atoms with Crippen molar-refractivity contribution >= 4 is 33.4 Å². The van der Waals surface area contributed by atoms with Crippen LogP contribution in [0.5, 0.6) is 5.88 Å². The zero-order valence-corrected chi connectivity index (χ0v) is 14.9. The SMILES string of the molecule is COCCOc1nc2cc(-c3ccc(Cl)cc3)nnc2c2ccccc12. The Hall–Kier alpha value is -2.76. The van der Waals surface area contributed by atoms with Crippen molar-refractivity contribution < 1.29 is 9.47 Å². The summed E-state index contributed by atoms with van der Waals surface area (Å²) in [5, 5.41) is 11.3. The smallest absolute Gasteiger partial charge is 0.222 e. The van der Waals surface area contributed by atoms with Crippen molar-refractivity contribution in [3.8, 4) is 17.1 Å². The Morgan fingerprint density at radius 3 is 2.46 bits per heavy atom. The highest BCUT2D eigenvalue weighted by molar-refractivity contribution is 6.30. The molecule has 4 rings (SSSR count). The number of fused-ring (bicyclic) bond motifs is 3. The third-order valence-electron chi connectivity index (χ3n) is 4.07. The maximum Gasteiger partial charge on any atom is 0.222 e. The highest BCUT2D eigenvalue weighted by atomic mass is 35.5. The summed E-state index contributed by atoms with van der Waals surface area (Å²) < 4.78 is 10.9. The predicted molar refractivity (Wildman–Crippen MR) is 103 cm³/mol. The molecule has 0 aliphatic carbocycles. The summed E-state index contributed by atoms with van der Waals surface area (Å²) in [6.07, 6.45) is 0. The van der Waals surface area contributed by atoms with E-state index in [9.17, 15) is 0 Å². The summed E-state index contributed by atoms with van der Waals surface area (Å²) in [5.41, 5.74) is 3.15. The molecular weight excluding hydrogens is 350 g/mol. The van der Waals surface area contributed by atoms with Crippen LogP contribution in [0.3, 0.4) is 0 Å². The summed E-state index contributed by atoms with van der Waals surface area (Å²) in [7, 11) is 1.64. The van der Waals surface area contributed by atoms with E-state index < -0.39 is 0 Å². The van der Waals surface area contributed by atoms with Crippen molar-refractivity contribution in [1.82, 2.24) is 15.2 Å². The quantitative estimate of drug-likeness (QED) is 0.384. The molecule has 0 unspecified atom stereocenters. The van der Waals surface area contributed by atoms with Gasteiger partial charge in [-0.25, -0.2) is 4.98 Å². The molecule has 0 atom stereocenters.